The van der Waals surface area contributed by atoms with E-state index in [1.165, 1.54) is 13.0 Å². The van der Waals surface area contributed by atoms with Crippen molar-refractivity contribution in [2.24, 2.45) is 5.41 Å². The third kappa shape index (κ3) is 5.43. The zero-order valence-electron chi connectivity index (χ0n) is 18.7. The summed E-state index contributed by atoms with van der Waals surface area (Å²) in [6.45, 7) is 6.85. The standard InChI is InChI=1S/C21H27F3N2O5S2/c1-19(2,3)13-32(27,28)18-11-16(25-26-18)17-12-20(4,8-9-31-17)33(29,30)15-7-5-6-14(10-15)21(22,23)24/h5-7,10-11,17H,8-9,12-13H2,1-4H3,(H,25,26). The van der Waals surface area contributed by atoms with Crippen LogP contribution < -0.4 is 0 Å². The zero-order valence-corrected chi connectivity index (χ0v) is 20.4. The van der Waals surface area contributed by atoms with Crippen molar-refractivity contribution in [2.45, 2.75) is 67.5 Å². The molecular formula is C21H27F3N2O5S2. The molecule has 7 nitrogen and oxygen atoms in total. The quantitative estimate of drug-likeness (QED) is 0.644. The Morgan fingerprint density at radius 2 is 1.82 bits per heavy atom. The fourth-order valence-corrected chi connectivity index (χ4v) is 7.43. The number of nitrogens with one attached hydrogen (secondary N) is 1. The minimum atomic E-state index is -4.67. The van der Waals surface area contributed by atoms with Gasteiger partial charge in [-0.15, -0.1) is 0 Å². The van der Waals surface area contributed by atoms with Gasteiger partial charge in [-0.1, -0.05) is 26.8 Å². The van der Waals surface area contributed by atoms with Crippen molar-refractivity contribution in [1.29, 1.82) is 0 Å². The number of nitrogens with zero attached hydrogens (tertiary/aromatic N) is 1. The van der Waals surface area contributed by atoms with Gasteiger partial charge in [0.25, 0.3) is 0 Å². The monoisotopic (exact) mass is 508 g/mol. The fraction of sp³-hybridized carbons (Fsp3) is 0.571. The van der Waals surface area contributed by atoms with Gasteiger partial charge in [-0.2, -0.15) is 18.3 Å². The summed E-state index contributed by atoms with van der Waals surface area (Å²) in [5, 5.41) is 6.35. The third-order valence-electron chi connectivity index (χ3n) is 5.55. The van der Waals surface area contributed by atoms with Crippen LogP contribution in [-0.4, -0.2) is 44.1 Å². The lowest BCUT2D eigenvalue weighted by molar-refractivity contribution is -0.137. The Morgan fingerprint density at radius 1 is 1.15 bits per heavy atom. The topological polar surface area (TPSA) is 106 Å². The largest absolute Gasteiger partial charge is 0.416 e. The second-order valence-electron chi connectivity index (χ2n) is 9.77. The first-order valence-corrected chi connectivity index (χ1v) is 13.4. The van der Waals surface area contributed by atoms with E-state index in [2.05, 4.69) is 10.2 Å². The Morgan fingerprint density at radius 3 is 2.42 bits per heavy atom. The molecule has 1 aromatic carbocycles. The maximum absolute atomic E-state index is 13.3. The molecule has 1 aliphatic rings. The van der Waals surface area contributed by atoms with Gasteiger partial charge in [0.15, 0.2) is 24.7 Å². The minimum absolute atomic E-state index is 0.0302. The maximum atomic E-state index is 13.3. The second kappa shape index (κ2) is 8.38. The number of aromatic nitrogens is 2. The first kappa shape index (κ1) is 25.7. The van der Waals surface area contributed by atoms with E-state index in [0.29, 0.717) is 11.8 Å². The Labute approximate surface area is 191 Å². The van der Waals surface area contributed by atoms with E-state index in [1.807, 2.05) is 0 Å². The van der Waals surface area contributed by atoms with Gasteiger partial charge in [0.1, 0.15) is 6.10 Å². The zero-order chi connectivity index (χ0) is 24.9. The van der Waals surface area contributed by atoms with E-state index in [1.54, 1.807) is 20.8 Å². The van der Waals surface area contributed by atoms with Gasteiger partial charge < -0.3 is 4.74 Å². The number of hydrogen-bond acceptors (Lipinski definition) is 6. The van der Waals surface area contributed by atoms with Crippen molar-refractivity contribution >= 4 is 19.7 Å². The smallest absolute Gasteiger partial charge is 0.372 e. The van der Waals surface area contributed by atoms with E-state index in [4.69, 9.17) is 4.74 Å². The van der Waals surface area contributed by atoms with Crippen LogP contribution in [0.5, 0.6) is 0 Å². The van der Waals surface area contributed by atoms with Gasteiger partial charge in [0, 0.05) is 12.7 Å². The van der Waals surface area contributed by atoms with Crippen LogP contribution in [0.1, 0.15) is 57.9 Å². The molecular weight excluding hydrogens is 481 g/mol. The molecule has 2 atom stereocenters. The molecule has 0 saturated carbocycles. The average molecular weight is 509 g/mol. The summed E-state index contributed by atoms with van der Waals surface area (Å²) in [6, 6.07) is 5.00. The Balaban J connectivity index is 1.89. The lowest BCUT2D eigenvalue weighted by Gasteiger charge is -2.37. The predicted octanol–water partition coefficient (Wildman–Crippen LogP) is 4.33. The molecule has 1 saturated heterocycles. The summed E-state index contributed by atoms with van der Waals surface area (Å²) in [7, 11) is -7.84. The highest BCUT2D eigenvalue weighted by Crippen LogP contribution is 2.42. The van der Waals surface area contributed by atoms with Crippen LogP contribution in [0.4, 0.5) is 13.2 Å². The molecule has 0 aliphatic carbocycles. The number of H-pyrrole nitrogens is 1. The summed E-state index contributed by atoms with van der Waals surface area (Å²) < 4.78 is 95.5. The summed E-state index contributed by atoms with van der Waals surface area (Å²) >= 11 is 0. The molecule has 12 heteroatoms. The van der Waals surface area contributed by atoms with E-state index >= 15 is 0 Å². The minimum Gasteiger partial charge on any atom is -0.372 e. The Hall–Kier alpha value is -1.92. The molecule has 0 radical (unpaired) electrons. The molecule has 0 amide bonds. The molecule has 1 fully saturated rings. The molecule has 0 spiro atoms. The SMILES string of the molecule is CC(C)(C)CS(=O)(=O)c1cc(C2CC(C)(S(=O)(=O)c3cccc(C(F)(F)F)c3)CCO2)[nH]n1. The first-order chi connectivity index (χ1) is 14.9. The van der Waals surface area contributed by atoms with Crippen LogP contribution in [0, 0.1) is 5.41 Å². The van der Waals surface area contributed by atoms with Crippen LogP contribution >= 0.6 is 0 Å². The average Bonchev–Trinajstić information content (AvgIpc) is 3.17. The van der Waals surface area contributed by atoms with Crippen molar-refractivity contribution < 1.29 is 34.7 Å². The normalized spacial score (nSPS) is 22.9. The van der Waals surface area contributed by atoms with E-state index < -0.39 is 52.6 Å². The van der Waals surface area contributed by atoms with Crippen molar-refractivity contribution in [3.8, 4) is 0 Å². The number of benzene rings is 1. The number of hydrogen-bond donors (Lipinski definition) is 1. The molecule has 184 valence electrons. The summed E-state index contributed by atoms with van der Waals surface area (Å²) in [4.78, 5) is -0.418. The molecule has 33 heavy (non-hydrogen) atoms. The lowest BCUT2D eigenvalue weighted by Crippen LogP contribution is -2.42. The second-order valence-corrected chi connectivity index (χ2v) is 14.2. The van der Waals surface area contributed by atoms with Crippen LogP contribution in [-0.2, 0) is 30.6 Å². The van der Waals surface area contributed by atoms with Crippen molar-refractivity contribution in [2.75, 3.05) is 12.4 Å². The van der Waals surface area contributed by atoms with Gasteiger partial charge in [-0.05, 0) is 43.4 Å². The lowest BCUT2D eigenvalue weighted by atomic mass is 9.95. The predicted molar refractivity (Wildman–Crippen MR) is 115 cm³/mol. The number of aromatic amines is 1. The highest BCUT2D eigenvalue weighted by atomic mass is 32.2. The number of alkyl halides is 3. The third-order valence-corrected chi connectivity index (χ3v) is 10.2. The number of ether oxygens (including phenoxy) is 1. The highest BCUT2D eigenvalue weighted by Gasteiger charge is 2.46. The summed E-state index contributed by atoms with van der Waals surface area (Å²) in [5.41, 5.74) is -1.23. The van der Waals surface area contributed by atoms with Gasteiger partial charge >= 0.3 is 6.18 Å². The van der Waals surface area contributed by atoms with Crippen molar-refractivity contribution in [1.82, 2.24) is 10.2 Å². The number of rotatable bonds is 5. The maximum Gasteiger partial charge on any atom is 0.416 e. The van der Waals surface area contributed by atoms with Crippen molar-refractivity contribution in [3.05, 3.63) is 41.6 Å². The van der Waals surface area contributed by atoms with Gasteiger partial charge in [-0.3, -0.25) is 5.10 Å². The molecule has 1 aromatic heterocycles. The van der Waals surface area contributed by atoms with E-state index in [-0.39, 0.29) is 30.2 Å². The fourth-order valence-electron chi connectivity index (χ4n) is 3.82. The van der Waals surface area contributed by atoms with Gasteiger partial charge in [-0.25, -0.2) is 16.8 Å². The molecule has 1 N–H and O–H groups in total. The Bertz CT molecular complexity index is 1230. The first-order valence-electron chi connectivity index (χ1n) is 10.3. The molecule has 0 bridgehead atoms. The highest BCUT2D eigenvalue weighted by molar-refractivity contribution is 7.92. The molecule has 2 unspecified atom stereocenters. The Kier molecular flexibility index (Phi) is 6.53. The number of halogens is 3. The molecule has 2 heterocycles. The molecule has 1 aliphatic heterocycles. The van der Waals surface area contributed by atoms with E-state index in [0.717, 1.165) is 18.2 Å². The van der Waals surface area contributed by atoms with Crippen LogP contribution in [0.15, 0.2) is 40.3 Å². The van der Waals surface area contributed by atoms with Gasteiger partial charge in [0.2, 0.25) is 0 Å². The molecule has 3 rings (SSSR count). The summed E-state index contributed by atoms with van der Waals surface area (Å²) in [6.07, 6.45) is -5.48. The van der Waals surface area contributed by atoms with Crippen LogP contribution in [0.2, 0.25) is 0 Å². The van der Waals surface area contributed by atoms with Crippen LogP contribution in [0.3, 0.4) is 0 Å². The van der Waals surface area contributed by atoms with E-state index in [9.17, 15) is 30.0 Å². The summed E-state index contributed by atoms with van der Waals surface area (Å²) in [5.74, 6) is -0.128. The molecule has 2 aromatic rings. The number of sulfone groups is 2. The van der Waals surface area contributed by atoms with Crippen LogP contribution in [0.25, 0.3) is 0 Å². The van der Waals surface area contributed by atoms with Gasteiger partial charge in [0.05, 0.1) is 26.7 Å². The van der Waals surface area contributed by atoms with Crippen molar-refractivity contribution in [3.63, 3.8) is 0 Å².